The van der Waals surface area contributed by atoms with E-state index in [0.29, 0.717) is 10.8 Å². The van der Waals surface area contributed by atoms with Gasteiger partial charge in [-0.25, -0.2) is 0 Å². The van der Waals surface area contributed by atoms with Gasteiger partial charge >= 0.3 is 0 Å². The molecule has 86 valence electrons. The Bertz CT molecular complexity index is 352. The van der Waals surface area contributed by atoms with Gasteiger partial charge in [-0.2, -0.15) is 16.7 Å². The summed E-state index contributed by atoms with van der Waals surface area (Å²) in [5.74, 6) is 0. The number of nitrogens with zero attached hydrogens (tertiary/aromatic N) is 3. The number of aromatic nitrogens is 3. The number of hydrogen-bond donors (Lipinski definition) is 2. The summed E-state index contributed by atoms with van der Waals surface area (Å²) in [7, 11) is 1.27. The van der Waals surface area contributed by atoms with Crippen LogP contribution in [0, 0.1) is 0 Å². The fraction of sp³-hybridized carbons (Fsp3) is 0.500. The molecule has 1 atom stereocenters. The number of hydrogen-bond acceptors (Lipinski definition) is 7. The topological polar surface area (TPSA) is 47.8 Å². The summed E-state index contributed by atoms with van der Waals surface area (Å²) in [6, 6.07) is 0. The molecule has 0 spiro atoms. The fourth-order valence-electron chi connectivity index (χ4n) is 0.739. The summed E-state index contributed by atoms with van der Waals surface area (Å²) in [6.07, 6.45) is 5.34. The summed E-state index contributed by atoms with van der Waals surface area (Å²) in [5, 5.41) is 8.00. The zero-order valence-corrected chi connectivity index (χ0v) is 12.4. The lowest BCUT2D eigenvalue weighted by atomic mass is 10.5. The molecular weight excluding hydrogens is 290 g/mol. The van der Waals surface area contributed by atoms with Crippen LogP contribution >= 0.6 is 55.1 Å². The molecular formula is C6H11N3OS5. The van der Waals surface area contributed by atoms with E-state index in [9.17, 15) is 4.79 Å². The lowest BCUT2D eigenvalue weighted by Crippen LogP contribution is -2.07. The molecule has 0 saturated carbocycles. The molecule has 0 bridgehead atoms. The Labute approximate surface area is 108 Å². The second kappa shape index (κ2) is 5.76. The van der Waals surface area contributed by atoms with Crippen molar-refractivity contribution in [3.8, 4) is 0 Å². The summed E-state index contributed by atoms with van der Waals surface area (Å²) in [5.41, 5.74) is 0.359. The number of thiol groups is 2. The predicted molar refractivity (Wildman–Crippen MR) is 77.2 cm³/mol. The van der Waals surface area contributed by atoms with Crippen LogP contribution in [0.25, 0.3) is 0 Å². The monoisotopic (exact) mass is 301 g/mol. The Morgan fingerprint density at radius 2 is 2.40 bits per heavy atom. The van der Waals surface area contributed by atoms with E-state index in [1.165, 1.54) is 21.8 Å². The predicted octanol–water partition coefficient (Wildman–Crippen LogP) is 2.36. The normalized spacial score (nSPS) is 17.1. The molecule has 1 rings (SSSR count). The van der Waals surface area contributed by atoms with Crippen molar-refractivity contribution < 1.29 is 4.79 Å². The van der Waals surface area contributed by atoms with Gasteiger partial charge in [0.1, 0.15) is 0 Å². The van der Waals surface area contributed by atoms with Gasteiger partial charge in [-0.3, -0.25) is 4.79 Å². The van der Waals surface area contributed by atoms with Crippen LogP contribution in [0.4, 0.5) is 0 Å². The van der Waals surface area contributed by atoms with Gasteiger partial charge in [-0.05, 0) is 12.5 Å². The van der Waals surface area contributed by atoms with E-state index >= 15 is 0 Å². The Kier molecular flexibility index (Phi) is 5.23. The highest BCUT2D eigenvalue weighted by atomic mass is 33.1. The Morgan fingerprint density at radius 1 is 1.73 bits per heavy atom. The van der Waals surface area contributed by atoms with Crippen molar-refractivity contribution in [2.45, 2.75) is 0 Å². The lowest BCUT2D eigenvalue weighted by molar-refractivity contribution is 0.108. The number of rotatable bonds is 4. The van der Waals surface area contributed by atoms with Crippen LogP contribution in [-0.2, 0) is 0 Å². The zero-order valence-electron chi connectivity index (χ0n) is 8.15. The first-order valence-electron chi connectivity index (χ1n) is 3.78. The maximum Gasteiger partial charge on any atom is 0.233 e. The molecule has 1 aromatic heterocycles. The summed E-state index contributed by atoms with van der Waals surface area (Å²) in [4.78, 5) is 11.9. The quantitative estimate of drug-likeness (QED) is 0.660. The first-order valence-corrected chi connectivity index (χ1v) is 10.2. The van der Waals surface area contributed by atoms with Crippen LogP contribution in [-0.4, -0.2) is 37.1 Å². The Balaban J connectivity index is 2.83. The van der Waals surface area contributed by atoms with Crippen LogP contribution in [0.1, 0.15) is 10.5 Å². The molecule has 9 heteroatoms. The molecule has 0 amide bonds. The highest BCUT2D eigenvalue weighted by Gasteiger charge is 2.25. The molecule has 0 N–H and O–H groups in total. The SMILES string of the molecule is CSSn1cc(C(=O)S(C)(S)CS)nn1. The number of carbonyl (C=O) groups is 1. The molecule has 0 aromatic carbocycles. The third-order valence-electron chi connectivity index (χ3n) is 1.48. The summed E-state index contributed by atoms with van der Waals surface area (Å²) >= 11 is 8.44. The van der Waals surface area contributed by atoms with Crippen molar-refractivity contribution in [3.63, 3.8) is 0 Å². The van der Waals surface area contributed by atoms with E-state index in [1.807, 2.05) is 6.26 Å². The van der Waals surface area contributed by atoms with E-state index in [2.05, 4.69) is 34.6 Å². The minimum atomic E-state index is -1.67. The van der Waals surface area contributed by atoms with Gasteiger partial charge in [0.25, 0.3) is 0 Å². The van der Waals surface area contributed by atoms with Gasteiger partial charge in [0, 0.05) is 16.1 Å². The van der Waals surface area contributed by atoms with Crippen LogP contribution in [0.3, 0.4) is 0 Å². The minimum absolute atomic E-state index is 0.0752. The van der Waals surface area contributed by atoms with Crippen molar-refractivity contribution in [3.05, 3.63) is 11.9 Å². The zero-order chi connectivity index (χ0) is 11.5. The van der Waals surface area contributed by atoms with Crippen LogP contribution in [0.15, 0.2) is 6.20 Å². The van der Waals surface area contributed by atoms with Crippen LogP contribution in [0.5, 0.6) is 0 Å². The highest BCUT2D eigenvalue weighted by Crippen LogP contribution is 2.52. The second-order valence-electron chi connectivity index (χ2n) is 2.70. The van der Waals surface area contributed by atoms with Gasteiger partial charge in [-0.15, -0.1) is 25.8 Å². The first kappa shape index (κ1) is 13.6. The standard InChI is InChI=1S/C6H11N3OS5/c1-13-14-9-3-5(7-8-9)6(10)15(2,12)4-11/h3,11-12H,4H2,1-2H3. The van der Waals surface area contributed by atoms with Gasteiger partial charge < -0.3 is 0 Å². The molecule has 0 fully saturated rings. The Morgan fingerprint density at radius 3 is 2.93 bits per heavy atom. The van der Waals surface area contributed by atoms with E-state index in [4.69, 9.17) is 0 Å². The van der Waals surface area contributed by atoms with Crippen molar-refractivity contribution in [2.75, 3.05) is 17.6 Å². The van der Waals surface area contributed by atoms with Crippen LogP contribution in [0.2, 0.25) is 0 Å². The third-order valence-corrected chi connectivity index (χ3v) is 7.43. The Hall–Kier alpha value is 0.560. The van der Waals surface area contributed by atoms with Gasteiger partial charge in [0.05, 0.1) is 6.20 Å². The molecule has 1 unspecified atom stereocenters. The highest BCUT2D eigenvalue weighted by molar-refractivity contribution is 8.95. The first-order chi connectivity index (χ1) is 7.01. The minimum Gasteiger partial charge on any atom is -0.280 e. The van der Waals surface area contributed by atoms with E-state index in [1.54, 1.807) is 16.5 Å². The van der Waals surface area contributed by atoms with E-state index < -0.39 is 9.06 Å². The van der Waals surface area contributed by atoms with Crippen molar-refractivity contribution in [1.82, 2.24) is 14.4 Å². The molecule has 0 aliphatic heterocycles. The molecule has 1 heterocycles. The maximum atomic E-state index is 11.9. The summed E-state index contributed by atoms with van der Waals surface area (Å²) < 4.78 is 1.56. The third kappa shape index (κ3) is 3.52. The fourth-order valence-corrected chi connectivity index (χ4v) is 3.07. The van der Waals surface area contributed by atoms with Gasteiger partial charge in [0.2, 0.25) is 5.12 Å². The summed E-state index contributed by atoms with van der Waals surface area (Å²) in [6.45, 7) is 0. The smallest absolute Gasteiger partial charge is 0.233 e. The average molecular weight is 302 g/mol. The van der Waals surface area contributed by atoms with Crippen LogP contribution < -0.4 is 0 Å². The molecule has 0 radical (unpaired) electrons. The average Bonchev–Trinajstić information content (AvgIpc) is 2.66. The molecule has 1 aromatic rings. The molecule has 0 aliphatic carbocycles. The molecule has 0 saturated heterocycles. The second-order valence-corrected chi connectivity index (χ2v) is 10.9. The maximum absolute atomic E-state index is 11.9. The number of carbonyl (C=O) groups excluding carboxylic acids is 1. The van der Waals surface area contributed by atoms with Gasteiger partial charge in [-0.1, -0.05) is 16.0 Å². The molecule has 15 heavy (non-hydrogen) atoms. The lowest BCUT2D eigenvalue weighted by Gasteiger charge is -2.23. The van der Waals surface area contributed by atoms with E-state index in [0.717, 1.165) is 0 Å². The molecule has 4 nitrogen and oxygen atoms in total. The van der Waals surface area contributed by atoms with Crippen molar-refractivity contribution in [1.29, 1.82) is 0 Å². The van der Waals surface area contributed by atoms with Gasteiger partial charge in [0.15, 0.2) is 5.69 Å². The van der Waals surface area contributed by atoms with E-state index in [-0.39, 0.29) is 5.12 Å². The van der Waals surface area contributed by atoms with Crippen molar-refractivity contribution >= 4 is 60.2 Å². The molecule has 0 aliphatic rings. The van der Waals surface area contributed by atoms with Crippen molar-refractivity contribution in [2.24, 2.45) is 0 Å². The largest absolute Gasteiger partial charge is 0.280 e.